The predicted octanol–water partition coefficient (Wildman–Crippen LogP) is 2.91. The van der Waals surface area contributed by atoms with Crippen LogP contribution in [0.2, 0.25) is 0 Å². The molecule has 0 spiro atoms. The van der Waals surface area contributed by atoms with Crippen molar-refractivity contribution in [3.8, 4) is 5.75 Å². The van der Waals surface area contributed by atoms with Gasteiger partial charge in [-0.25, -0.2) is 8.42 Å². The summed E-state index contributed by atoms with van der Waals surface area (Å²) >= 11 is 0. The quantitative estimate of drug-likeness (QED) is 0.729. The maximum atomic E-state index is 13.3. The van der Waals surface area contributed by atoms with Crippen LogP contribution in [0.3, 0.4) is 0 Å². The van der Waals surface area contributed by atoms with Gasteiger partial charge in [0.05, 0.1) is 30.2 Å². The van der Waals surface area contributed by atoms with Gasteiger partial charge in [-0.1, -0.05) is 30.3 Å². The largest absolute Gasteiger partial charge is 0.497 e. The van der Waals surface area contributed by atoms with Crippen LogP contribution in [0, 0.1) is 0 Å². The first-order chi connectivity index (χ1) is 13.4. The Labute approximate surface area is 163 Å². The van der Waals surface area contributed by atoms with Crippen molar-refractivity contribution in [2.75, 3.05) is 7.11 Å². The van der Waals surface area contributed by atoms with Crippen molar-refractivity contribution in [2.45, 2.75) is 35.8 Å². The number of benzene rings is 2. The maximum Gasteiger partial charge on any atom is 0.308 e. The van der Waals surface area contributed by atoms with E-state index < -0.39 is 21.7 Å². The van der Waals surface area contributed by atoms with E-state index in [-0.39, 0.29) is 23.2 Å². The van der Waals surface area contributed by atoms with Crippen LogP contribution in [0.5, 0.6) is 5.75 Å². The van der Waals surface area contributed by atoms with Gasteiger partial charge in [0.25, 0.3) is 10.0 Å². The molecular weight excluding hydrogens is 378 g/mol. The van der Waals surface area contributed by atoms with E-state index in [9.17, 15) is 13.2 Å². The number of ether oxygens (including phenoxy) is 2. The lowest BCUT2D eigenvalue weighted by atomic mass is 9.75. The van der Waals surface area contributed by atoms with Crippen molar-refractivity contribution in [1.29, 1.82) is 0 Å². The molecular formula is C21H19NO5S. The number of sulfonamides is 1. The fourth-order valence-corrected chi connectivity index (χ4v) is 6.59. The number of fused-ring (bicyclic) bond motifs is 5. The molecule has 1 saturated heterocycles. The standard InChI is InChI=1S/C21H19NO5S/c1-21-16(13-6-5-7-14(10-13)26-2)11-17-15-8-3-4-9-18(15)28(24,25)22(17)19(21)12-20(23)27-21/h3-11,16,19H,12H2,1-2H3/t16?,19?,21-/m0/s1. The van der Waals surface area contributed by atoms with E-state index in [1.807, 2.05) is 49.4 Å². The summed E-state index contributed by atoms with van der Waals surface area (Å²) in [7, 11) is -2.14. The van der Waals surface area contributed by atoms with Crippen molar-refractivity contribution in [1.82, 2.24) is 4.31 Å². The SMILES string of the molecule is COc1cccc(C2C=C3c4ccccc4S(=O)(=O)N3C3CC(=O)O[C@@]23C)c1. The summed E-state index contributed by atoms with van der Waals surface area (Å²) in [5.74, 6) is 0.00936. The van der Waals surface area contributed by atoms with Crippen molar-refractivity contribution < 1.29 is 22.7 Å². The zero-order valence-electron chi connectivity index (χ0n) is 15.5. The number of hydrogen-bond acceptors (Lipinski definition) is 5. The van der Waals surface area contributed by atoms with Gasteiger partial charge in [0.2, 0.25) is 0 Å². The Hall–Kier alpha value is -2.80. The Morgan fingerprint density at radius 3 is 2.75 bits per heavy atom. The van der Waals surface area contributed by atoms with E-state index in [0.29, 0.717) is 17.0 Å². The van der Waals surface area contributed by atoms with Crippen molar-refractivity contribution >= 4 is 21.7 Å². The second-order valence-corrected chi connectivity index (χ2v) is 9.26. The molecule has 5 rings (SSSR count). The Balaban J connectivity index is 1.77. The first-order valence-corrected chi connectivity index (χ1v) is 10.5. The lowest BCUT2D eigenvalue weighted by Gasteiger charge is -2.44. The second kappa shape index (κ2) is 5.61. The molecule has 1 fully saturated rings. The van der Waals surface area contributed by atoms with Crippen LogP contribution in [0.4, 0.5) is 0 Å². The van der Waals surface area contributed by atoms with Gasteiger partial charge >= 0.3 is 5.97 Å². The summed E-state index contributed by atoms with van der Waals surface area (Å²) in [4.78, 5) is 12.6. The van der Waals surface area contributed by atoms with E-state index in [0.717, 1.165) is 5.56 Å². The van der Waals surface area contributed by atoms with Crippen molar-refractivity contribution in [2.24, 2.45) is 0 Å². The highest BCUT2D eigenvalue weighted by Gasteiger charge is 2.61. The topological polar surface area (TPSA) is 72.9 Å². The minimum atomic E-state index is -3.73. The molecule has 0 amide bonds. The number of rotatable bonds is 2. The molecule has 0 N–H and O–H groups in total. The summed E-state index contributed by atoms with van der Waals surface area (Å²) in [5.41, 5.74) is 1.19. The number of hydrogen-bond donors (Lipinski definition) is 0. The van der Waals surface area contributed by atoms with E-state index in [2.05, 4.69) is 0 Å². The number of esters is 1. The molecule has 2 unspecified atom stereocenters. The summed E-state index contributed by atoms with van der Waals surface area (Å²) < 4.78 is 39.0. The van der Waals surface area contributed by atoms with Crippen LogP contribution >= 0.6 is 0 Å². The fourth-order valence-electron chi connectivity index (χ4n) is 4.64. The molecule has 3 aliphatic heterocycles. The Bertz CT molecular complexity index is 1140. The average molecular weight is 397 g/mol. The van der Waals surface area contributed by atoms with E-state index in [1.165, 1.54) is 4.31 Å². The molecule has 2 aromatic rings. The monoisotopic (exact) mass is 397 g/mol. The van der Waals surface area contributed by atoms with Crippen LogP contribution in [0.1, 0.15) is 30.4 Å². The smallest absolute Gasteiger partial charge is 0.308 e. The maximum absolute atomic E-state index is 13.3. The molecule has 0 bridgehead atoms. The van der Waals surface area contributed by atoms with Gasteiger partial charge in [-0.3, -0.25) is 9.10 Å². The Morgan fingerprint density at radius 2 is 1.96 bits per heavy atom. The highest BCUT2D eigenvalue weighted by Crippen LogP contribution is 2.54. The Kier molecular flexibility index (Phi) is 3.47. The molecule has 0 radical (unpaired) electrons. The number of methoxy groups -OCH3 is 1. The minimum absolute atomic E-state index is 0.0293. The van der Waals surface area contributed by atoms with Crippen LogP contribution in [-0.4, -0.2) is 37.4 Å². The molecule has 28 heavy (non-hydrogen) atoms. The molecule has 144 valence electrons. The highest BCUT2D eigenvalue weighted by molar-refractivity contribution is 7.90. The lowest BCUT2D eigenvalue weighted by molar-refractivity contribution is -0.149. The molecule has 3 aliphatic rings. The first kappa shape index (κ1) is 17.3. The number of carbonyl (C=O) groups is 1. The van der Waals surface area contributed by atoms with E-state index in [4.69, 9.17) is 9.47 Å². The van der Waals surface area contributed by atoms with Gasteiger partial charge in [0.15, 0.2) is 0 Å². The third kappa shape index (κ3) is 2.13. The third-order valence-electron chi connectivity index (χ3n) is 5.97. The van der Waals surface area contributed by atoms with Crippen LogP contribution in [0.25, 0.3) is 5.70 Å². The zero-order valence-corrected chi connectivity index (χ0v) is 16.3. The van der Waals surface area contributed by atoms with Crippen molar-refractivity contribution in [3.63, 3.8) is 0 Å². The number of nitrogens with zero attached hydrogens (tertiary/aromatic N) is 1. The normalized spacial score (nSPS) is 29.4. The summed E-state index contributed by atoms with van der Waals surface area (Å²) in [6, 6.07) is 13.9. The predicted molar refractivity (Wildman–Crippen MR) is 102 cm³/mol. The molecule has 6 nitrogen and oxygen atoms in total. The fraction of sp³-hybridized carbons (Fsp3) is 0.286. The van der Waals surface area contributed by atoms with Gasteiger partial charge in [-0.2, -0.15) is 0 Å². The third-order valence-corrected chi connectivity index (χ3v) is 7.85. The minimum Gasteiger partial charge on any atom is -0.497 e. The van der Waals surface area contributed by atoms with Gasteiger partial charge in [0.1, 0.15) is 11.4 Å². The van der Waals surface area contributed by atoms with Gasteiger partial charge < -0.3 is 9.47 Å². The molecule has 7 heteroatoms. The molecule has 2 aromatic carbocycles. The lowest BCUT2D eigenvalue weighted by Crippen LogP contribution is -2.53. The molecule has 0 aliphatic carbocycles. The zero-order chi connectivity index (χ0) is 19.7. The summed E-state index contributed by atoms with van der Waals surface area (Å²) in [6.07, 6.45) is 1.94. The van der Waals surface area contributed by atoms with Gasteiger partial charge in [-0.15, -0.1) is 0 Å². The number of carbonyl (C=O) groups excluding carboxylic acids is 1. The van der Waals surface area contributed by atoms with E-state index in [1.54, 1.807) is 19.2 Å². The van der Waals surface area contributed by atoms with Crippen LogP contribution in [-0.2, 0) is 19.6 Å². The van der Waals surface area contributed by atoms with Crippen LogP contribution in [0.15, 0.2) is 59.5 Å². The van der Waals surface area contributed by atoms with E-state index >= 15 is 0 Å². The van der Waals surface area contributed by atoms with Gasteiger partial charge in [0, 0.05) is 11.5 Å². The van der Waals surface area contributed by atoms with Gasteiger partial charge in [-0.05, 0) is 36.8 Å². The average Bonchev–Trinajstić information content (AvgIpc) is 3.11. The Morgan fingerprint density at radius 1 is 1.18 bits per heavy atom. The second-order valence-electron chi connectivity index (χ2n) is 7.48. The summed E-state index contributed by atoms with van der Waals surface area (Å²) in [6.45, 7) is 1.82. The molecule has 3 atom stereocenters. The summed E-state index contributed by atoms with van der Waals surface area (Å²) in [5, 5.41) is 0. The molecule has 3 heterocycles. The first-order valence-electron chi connectivity index (χ1n) is 9.08. The van der Waals surface area contributed by atoms with Crippen molar-refractivity contribution in [3.05, 3.63) is 65.7 Å². The molecule has 0 saturated carbocycles. The molecule has 0 aromatic heterocycles. The highest BCUT2D eigenvalue weighted by atomic mass is 32.2. The van der Waals surface area contributed by atoms with Crippen LogP contribution < -0.4 is 4.74 Å².